The van der Waals surface area contributed by atoms with E-state index in [0.717, 1.165) is 48.8 Å². The number of benzene rings is 2. The summed E-state index contributed by atoms with van der Waals surface area (Å²) in [6, 6.07) is 6.68. The van der Waals surface area contributed by atoms with E-state index in [9.17, 15) is 18.4 Å². The number of hydrogen-bond acceptors (Lipinski definition) is 3. The minimum Gasteiger partial charge on any atom is -0.483 e. The molecular weight excluding hydrogens is 446 g/mol. The number of nitrogens with one attached hydrogen (secondary N) is 1. The number of hydrogen-bond donors (Lipinski definition) is 1. The summed E-state index contributed by atoms with van der Waals surface area (Å²) in [7, 11) is 0. The summed E-state index contributed by atoms with van der Waals surface area (Å²) in [5.41, 5.74) is 0.113. The standard InChI is InChI=1S/C21H19BrF2N2O3/c22-12-5-8-18-15(9-12)20(21(28)25-14-3-1-2-4-14)26(19(27)11-29-18)17-10-13(23)6-7-16(17)24/h5-10,14,20H,1-4,11H2,(H,25,28). The fourth-order valence-electron chi connectivity index (χ4n) is 3.91. The van der Waals surface area contributed by atoms with Crippen LogP contribution in [0.3, 0.4) is 0 Å². The zero-order chi connectivity index (χ0) is 20.5. The molecule has 0 bridgehead atoms. The fourth-order valence-corrected chi connectivity index (χ4v) is 4.29. The van der Waals surface area contributed by atoms with E-state index in [0.29, 0.717) is 15.8 Å². The van der Waals surface area contributed by atoms with Crippen molar-refractivity contribution in [1.82, 2.24) is 5.32 Å². The summed E-state index contributed by atoms with van der Waals surface area (Å²) in [6.45, 7) is -0.391. The second-order valence-electron chi connectivity index (χ2n) is 7.22. The number of halogens is 3. The molecule has 0 spiro atoms. The average molecular weight is 465 g/mol. The quantitative estimate of drug-likeness (QED) is 0.738. The van der Waals surface area contributed by atoms with E-state index in [1.807, 2.05) is 0 Å². The number of carbonyl (C=O) groups excluding carboxylic acids is 2. The van der Waals surface area contributed by atoms with Gasteiger partial charge in [0.2, 0.25) is 5.91 Å². The number of fused-ring (bicyclic) bond motifs is 1. The topological polar surface area (TPSA) is 58.6 Å². The highest BCUT2D eigenvalue weighted by atomic mass is 79.9. The third kappa shape index (κ3) is 3.99. The van der Waals surface area contributed by atoms with Crippen molar-refractivity contribution >= 4 is 33.4 Å². The Labute approximate surface area is 175 Å². The second kappa shape index (κ2) is 8.10. The number of amides is 2. The molecule has 5 nitrogen and oxygen atoms in total. The molecule has 1 atom stereocenters. The van der Waals surface area contributed by atoms with Gasteiger partial charge in [0.1, 0.15) is 23.4 Å². The van der Waals surface area contributed by atoms with E-state index in [-0.39, 0.29) is 11.7 Å². The Morgan fingerprint density at radius 1 is 1.14 bits per heavy atom. The Morgan fingerprint density at radius 2 is 1.90 bits per heavy atom. The predicted molar refractivity (Wildman–Crippen MR) is 107 cm³/mol. The highest BCUT2D eigenvalue weighted by Crippen LogP contribution is 2.38. The molecule has 1 heterocycles. The van der Waals surface area contributed by atoms with Gasteiger partial charge in [-0.1, -0.05) is 28.8 Å². The number of ether oxygens (including phenoxy) is 1. The molecule has 1 saturated carbocycles. The monoisotopic (exact) mass is 464 g/mol. The van der Waals surface area contributed by atoms with Gasteiger partial charge in [0.15, 0.2) is 6.61 Å². The third-order valence-corrected chi connectivity index (χ3v) is 5.76. The molecule has 1 aliphatic heterocycles. The first-order valence-electron chi connectivity index (χ1n) is 9.44. The first kappa shape index (κ1) is 19.8. The molecule has 152 valence electrons. The first-order chi connectivity index (χ1) is 13.9. The lowest BCUT2D eigenvalue weighted by atomic mass is 10.0. The SMILES string of the molecule is O=C(NC1CCCC1)C1c2cc(Br)ccc2OCC(=O)N1c1cc(F)ccc1F. The fraction of sp³-hybridized carbons (Fsp3) is 0.333. The van der Waals surface area contributed by atoms with Gasteiger partial charge in [0.05, 0.1) is 5.69 Å². The number of anilines is 1. The van der Waals surface area contributed by atoms with Crippen LogP contribution in [0.25, 0.3) is 0 Å². The van der Waals surface area contributed by atoms with Crippen LogP contribution in [0.5, 0.6) is 5.75 Å². The zero-order valence-corrected chi connectivity index (χ0v) is 17.0. The molecule has 2 aromatic rings. The molecule has 1 fully saturated rings. The molecule has 0 radical (unpaired) electrons. The summed E-state index contributed by atoms with van der Waals surface area (Å²) in [5.74, 6) is -2.22. The van der Waals surface area contributed by atoms with Crippen LogP contribution in [0.2, 0.25) is 0 Å². The summed E-state index contributed by atoms with van der Waals surface area (Å²) >= 11 is 3.37. The molecule has 8 heteroatoms. The highest BCUT2D eigenvalue weighted by molar-refractivity contribution is 9.10. The van der Waals surface area contributed by atoms with E-state index in [4.69, 9.17) is 4.74 Å². The van der Waals surface area contributed by atoms with Gasteiger partial charge in [-0.3, -0.25) is 14.5 Å². The van der Waals surface area contributed by atoms with E-state index in [2.05, 4.69) is 21.2 Å². The van der Waals surface area contributed by atoms with Gasteiger partial charge in [-0.05, 0) is 43.2 Å². The summed E-state index contributed by atoms with van der Waals surface area (Å²) < 4.78 is 34.8. The van der Waals surface area contributed by atoms with Gasteiger partial charge in [-0.15, -0.1) is 0 Å². The lowest BCUT2D eigenvalue weighted by Gasteiger charge is -2.30. The first-order valence-corrected chi connectivity index (χ1v) is 10.2. The van der Waals surface area contributed by atoms with Crippen molar-refractivity contribution < 1.29 is 23.1 Å². The molecule has 2 aliphatic rings. The third-order valence-electron chi connectivity index (χ3n) is 5.26. The lowest BCUT2D eigenvalue weighted by molar-refractivity contribution is -0.127. The van der Waals surface area contributed by atoms with E-state index in [1.165, 1.54) is 0 Å². The Balaban J connectivity index is 1.84. The molecule has 4 rings (SSSR count). The number of nitrogens with zero attached hydrogens (tertiary/aromatic N) is 1. The van der Waals surface area contributed by atoms with Crippen molar-refractivity contribution in [3.05, 3.63) is 58.1 Å². The van der Waals surface area contributed by atoms with E-state index < -0.39 is 36.1 Å². The largest absolute Gasteiger partial charge is 0.483 e. The van der Waals surface area contributed by atoms with Crippen LogP contribution < -0.4 is 15.0 Å². The van der Waals surface area contributed by atoms with Gasteiger partial charge in [-0.25, -0.2) is 8.78 Å². The van der Waals surface area contributed by atoms with Crippen molar-refractivity contribution in [3.63, 3.8) is 0 Å². The Morgan fingerprint density at radius 3 is 2.66 bits per heavy atom. The lowest BCUT2D eigenvalue weighted by Crippen LogP contribution is -2.46. The molecule has 0 saturated heterocycles. The Bertz CT molecular complexity index is 963. The van der Waals surface area contributed by atoms with Crippen LogP contribution in [0.1, 0.15) is 37.3 Å². The Hall–Kier alpha value is -2.48. The highest BCUT2D eigenvalue weighted by Gasteiger charge is 2.39. The summed E-state index contributed by atoms with van der Waals surface area (Å²) in [6.07, 6.45) is 3.73. The van der Waals surface area contributed by atoms with Crippen molar-refractivity contribution in [3.8, 4) is 5.75 Å². The van der Waals surface area contributed by atoms with Gasteiger partial charge < -0.3 is 10.1 Å². The molecule has 2 amide bonds. The van der Waals surface area contributed by atoms with Gasteiger partial charge in [0, 0.05) is 22.1 Å². The maximum Gasteiger partial charge on any atom is 0.266 e. The summed E-state index contributed by atoms with van der Waals surface area (Å²) in [5, 5.41) is 2.97. The normalized spacial score (nSPS) is 19.5. The van der Waals surface area contributed by atoms with Crippen LogP contribution in [-0.4, -0.2) is 24.5 Å². The van der Waals surface area contributed by atoms with Crippen molar-refractivity contribution in [2.24, 2.45) is 0 Å². The van der Waals surface area contributed by atoms with Crippen molar-refractivity contribution in [2.75, 3.05) is 11.5 Å². The van der Waals surface area contributed by atoms with Crippen LogP contribution in [-0.2, 0) is 9.59 Å². The smallest absolute Gasteiger partial charge is 0.266 e. The van der Waals surface area contributed by atoms with Crippen molar-refractivity contribution in [2.45, 2.75) is 37.8 Å². The molecule has 29 heavy (non-hydrogen) atoms. The van der Waals surface area contributed by atoms with Gasteiger partial charge in [0.25, 0.3) is 5.91 Å². The molecule has 0 aromatic heterocycles. The van der Waals surface area contributed by atoms with Crippen LogP contribution in [0, 0.1) is 11.6 Å². The zero-order valence-electron chi connectivity index (χ0n) is 15.5. The maximum atomic E-state index is 14.6. The van der Waals surface area contributed by atoms with Gasteiger partial charge in [-0.2, -0.15) is 0 Å². The number of rotatable bonds is 3. The Kier molecular flexibility index (Phi) is 5.54. The summed E-state index contributed by atoms with van der Waals surface area (Å²) in [4.78, 5) is 27.2. The van der Waals surface area contributed by atoms with Crippen molar-refractivity contribution in [1.29, 1.82) is 0 Å². The molecule has 2 aromatic carbocycles. The molecule has 1 N–H and O–H groups in total. The number of carbonyl (C=O) groups is 2. The molecular formula is C21H19BrF2N2O3. The van der Waals surface area contributed by atoms with E-state index in [1.54, 1.807) is 18.2 Å². The minimum atomic E-state index is -1.19. The van der Waals surface area contributed by atoms with Crippen LogP contribution in [0.4, 0.5) is 14.5 Å². The minimum absolute atomic E-state index is 0.00316. The maximum absolute atomic E-state index is 14.6. The van der Waals surface area contributed by atoms with E-state index >= 15 is 0 Å². The second-order valence-corrected chi connectivity index (χ2v) is 8.14. The molecule has 1 unspecified atom stereocenters. The average Bonchev–Trinajstić information content (AvgIpc) is 3.14. The van der Waals surface area contributed by atoms with Gasteiger partial charge >= 0.3 is 0 Å². The molecule has 1 aliphatic carbocycles. The van der Waals surface area contributed by atoms with Crippen LogP contribution >= 0.6 is 15.9 Å². The van der Waals surface area contributed by atoms with Crippen LogP contribution in [0.15, 0.2) is 40.9 Å². The predicted octanol–water partition coefficient (Wildman–Crippen LogP) is 4.25.